The van der Waals surface area contributed by atoms with Crippen molar-refractivity contribution in [3.63, 3.8) is 0 Å². The van der Waals surface area contributed by atoms with Gasteiger partial charge in [0.25, 0.3) is 5.69 Å². The van der Waals surface area contributed by atoms with Crippen molar-refractivity contribution in [3.8, 4) is 0 Å². The zero-order valence-corrected chi connectivity index (χ0v) is 16.0. The summed E-state index contributed by atoms with van der Waals surface area (Å²) in [6.45, 7) is 2.95. The third-order valence-corrected chi connectivity index (χ3v) is 4.90. The molecule has 0 atom stereocenters. The lowest BCUT2D eigenvalue weighted by Gasteiger charge is -2.03. The van der Waals surface area contributed by atoms with Gasteiger partial charge in [-0.2, -0.15) is 5.10 Å². The first-order valence-corrected chi connectivity index (χ1v) is 9.22. The Morgan fingerprint density at radius 3 is 2.47 bits per heavy atom. The molecule has 1 aromatic heterocycles. The van der Waals surface area contributed by atoms with Gasteiger partial charge in [0.2, 0.25) is 0 Å². The molecular weight excluding hydrogens is 386 g/mol. The third-order valence-electron chi connectivity index (χ3n) is 4.90. The zero-order chi connectivity index (χ0) is 21.3. The van der Waals surface area contributed by atoms with Crippen LogP contribution in [0.2, 0.25) is 0 Å². The zero-order valence-electron chi connectivity index (χ0n) is 16.0. The fourth-order valence-electron chi connectivity index (χ4n) is 3.55. The van der Waals surface area contributed by atoms with Crippen molar-refractivity contribution in [2.24, 2.45) is 5.10 Å². The molecule has 4 aromatic rings. The molecule has 30 heavy (non-hydrogen) atoms. The highest BCUT2D eigenvalue weighted by Crippen LogP contribution is 2.30. The largest absolute Gasteiger partial charge is 0.341 e. The summed E-state index contributed by atoms with van der Waals surface area (Å²) < 4.78 is 2.24. The lowest BCUT2D eigenvalue weighted by Crippen LogP contribution is -1.98. The summed E-state index contributed by atoms with van der Waals surface area (Å²) in [7, 11) is 0. The van der Waals surface area contributed by atoms with Crippen molar-refractivity contribution in [3.05, 3.63) is 86.5 Å². The fourth-order valence-corrected chi connectivity index (χ4v) is 3.55. The van der Waals surface area contributed by atoms with Gasteiger partial charge in [0.1, 0.15) is 5.69 Å². The average molecular weight is 403 g/mol. The maximum absolute atomic E-state index is 11.2. The van der Waals surface area contributed by atoms with E-state index in [-0.39, 0.29) is 11.4 Å². The van der Waals surface area contributed by atoms with Crippen molar-refractivity contribution < 1.29 is 9.85 Å². The maximum atomic E-state index is 11.2. The van der Waals surface area contributed by atoms with Crippen LogP contribution in [0.3, 0.4) is 0 Å². The number of fused-ring (bicyclic) bond motifs is 3. The molecule has 150 valence electrons. The predicted octanol–water partition coefficient (Wildman–Crippen LogP) is 5.08. The number of rotatable bonds is 6. The van der Waals surface area contributed by atoms with Crippen molar-refractivity contribution in [1.29, 1.82) is 0 Å². The van der Waals surface area contributed by atoms with Crippen LogP contribution in [0.4, 0.5) is 17.1 Å². The van der Waals surface area contributed by atoms with E-state index in [2.05, 4.69) is 34.2 Å². The van der Waals surface area contributed by atoms with Crippen LogP contribution >= 0.6 is 0 Å². The first-order chi connectivity index (χ1) is 14.5. The number of benzene rings is 3. The van der Waals surface area contributed by atoms with E-state index < -0.39 is 15.5 Å². The summed E-state index contributed by atoms with van der Waals surface area (Å²) in [5, 5.41) is 28.4. The number of anilines is 1. The van der Waals surface area contributed by atoms with E-state index >= 15 is 0 Å². The molecule has 0 aliphatic rings. The van der Waals surface area contributed by atoms with Crippen molar-refractivity contribution in [2.45, 2.75) is 13.5 Å². The lowest BCUT2D eigenvalue weighted by molar-refractivity contribution is -0.393. The molecule has 0 saturated carbocycles. The highest BCUT2D eigenvalue weighted by molar-refractivity contribution is 6.09. The molecule has 0 saturated heterocycles. The quantitative estimate of drug-likeness (QED) is 0.274. The van der Waals surface area contributed by atoms with Crippen LogP contribution in [-0.2, 0) is 6.54 Å². The van der Waals surface area contributed by atoms with Gasteiger partial charge in [0.05, 0.1) is 22.1 Å². The minimum Gasteiger partial charge on any atom is -0.341 e. The second-order valence-corrected chi connectivity index (χ2v) is 6.62. The number of nitrogens with zero attached hydrogens (tertiary/aromatic N) is 4. The Balaban J connectivity index is 1.66. The molecule has 1 N–H and O–H groups in total. The number of nitro benzene ring substituents is 2. The fraction of sp³-hybridized carbons (Fsp3) is 0.0952. The number of hydrogen-bond donors (Lipinski definition) is 1. The molecule has 9 nitrogen and oxygen atoms in total. The van der Waals surface area contributed by atoms with Gasteiger partial charge in [-0.15, -0.1) is 0 Å². The van der Waals surface area contributed by atoms with Gasteiger partial charge in [0, 0.05) is 34.4 Å². The average Bonchev–Trinajstić information content (AvgIpc) is 3.06. The Morgan fingerprint density at radius 1 is 0.967 bits per heavy atom. The molecule has 4 rings (SSSR count). The van der Waals surface area contributed by atoms with E-state index in [0.29, 0.717) is 0 Å². The molecule has 0 aliphatic carbocycles. The van der Waals surface area contributed by atoms with E-state index in [0.717, 1.165) is 40.0 Å². The summed E-state index contributed by atoms with van der Waals surface area (Å²) in [6.07, 6.45) is 1.56. The number of para-hydroxylation sites is 1. The van der Waals surface area contributed by atoms with E-state index in [9.17, 15) is 20.2 Å². The summed E-state index contributed by atoms with van der Waals surface area (Å²) in [4.78, 5) is 20.7. The highest BCUT2D eigenvalue weighted by Gasteiger charge is 2.19. The summed E-state index contributed by atoms with van der Waals surface area (Å²) in [5.74, 6) is 0. The van der Waals surface area contributed by atoms with Crippen LogP contribution in [0, 0.1) is 20.2 Å². The summed E-state index contributed by atoms with van der Waals surface area (Å²) >= 11 is 0. The topological polar surface area (TPSA) is 116 Å². The first kappa shape index (κ1) is 19.1. The molecule has 3 aromatic carbocycles. The molecule has 0 fully saturated rings. The molecular formula is C21H17N5O4. The number of aryl methyl sites for hydroxylation is 1. The molecule has 0 radical (unpaired) electrons. The molecule has 0 bridgehead atoms. The van der Waals surface area contributed by atoms with Gasteiger partial charge in [-0.1, -0.05) is 24.3 Å². The van der Waals surface area contributed by atoms with Crippen LogP contribution in [-0.4, -0.2) is 20.6 Å². The standard InChI is InChI=1S/C21H17N5O4/c1-2-24-19-6-4-3-5-16(19)17-11-14(7-10-20(17)24)13-22-23-18-9-8-15(25(27)28)12-21(18)26(29)30/h3-13,23H,2H2,1H3. The lowest BCUT2D eigenvalue weighted by atomic mass is 10.1. The summed E-state index contributed by atoms with van der Waals surface area (Å²) in [6, 6.07) is 17.5. The van der Waals surface area contributed by atoms with Gasteiger partial charge >= 0.3 is 5.69 Å². The maximum Gasteiger partial charge on any atom is 0.301 e. The monoisotopic (exact) mass is 403 g/mol. The van der Waals surface area contributed by atoms with Crippen molar-refractivity contribution in [1.82, 2.24) is 4.57 Å². The van der Waals surface area contributed by atoms with Gasteiger partial charge < -0.3 is 4.57 Å². The van der Waals surface area contributed by atoms with Gasteiger partial charge in [-0.25, -0.2) is 0 Å². The van der Waals surface area contributed by atoms with Crippen LogP contribution in [0.15, 0.2) is 65.8 Å². The van der Waals surface area contributed by atoms with Crippen molar-refractivity contribution in [2.75, 3.05) is 5.43 Å². The minimum absolute atomic E-state index is 0.0745. The minimum atomic E-state index is -0.684. The molecule has 0 unspecified atom stereocenters. The number of aromatic nitrogens is 1. The van der Waals surface area contributed by atoms with Crippen LogP contribution in [0.1, 0.15) is 12.5 Å². The Morgan fingerprint density at radius 2 is 1.73 bits per heavy atom. The molecule has 9 heteroatoms. The smallest absolute Gasteiger partial charge is 0.301 e. The van der Waals surface area contributed by atoms with Gasteiger partial charge in [0.15, 0.2) is 0 Å². The second kappa shape index (κ2) is 7.63. The molecule has 1 heterocycles. The number of hydrazone groups is 1. The normalized spacial score (nSPS) is 11.4. The third kappa shape index (κ3) is 3.32. The highest BCUT2D eigenvalue weighted by atomic mass is 16.6. The summed E-state index contributed by atoms with van der Waals surface area (Å²) in [5.41, 5.74) is 5.01. The number of non-ortho nitro benzene ring substituents is 1. The van der Waals surface area contributed by atoms with Crippen LogP contribution in [0.5, 0.6) is 0 Å². The predicted molar refractivity (Wildman–Crippen MR) is 116 cm³/mol. The first-order valence-electron chi connectivity index (χ1n) is 9.22. The Kier molecular flexibility index (Phi) is 4.85. The van der Waals surface area contributed by atoms with Crippen LogP contribution < -0.4 is 5.43 Å². The number of hydrogen-bond acceptors (Lipinski definition) is 6. The molecule has 0 spiro atoms. The SMILES string of the molecule is CCn1c2ccccc2c2cc(C=NNc3ccc([N+](=O)[O-])cc3[N+](=O)[O-])ccc21. The van der Waals surface area contributed by atoms with E-state index in [4.69, 9.17) is 0 Å². The van der Waals surface area contributed by atoms with Crippen molar-refractivity contribution >= 4 is 45.1 Å². The molecule has 0 aliphatic heterocycles. The number of nitrogens with one attached hydrogen (secondary N) is 1. The Labute approximate surface area is 170 Å². The Bertz CT molecular complexity index is 1330. The second-order valence-electron chi connectivity index (χ2n) is 6.62. The van der Waals surface area contributed by atoms with E-state index in [1.54, 1.807) is 6.21 Å². The van der Waals surface area contributed by atoms with Crippen LogP contribution in [0.25, 0.3) is 21.8 Å². The van der Waals surface area contributed by atoms with Gasteiger partial charge in [-0.3, -0.25) is 25.7 Å². The van der Waals surface area contributed by atoms with E-state index in [1.807, 2.05) is 30.3 Å². The Hall–Kier alpha value is -4.27. The number of nitro groups is 2. The van der Waals surface area contributed by atoms with Gasteiger partial charge in [-0.05, 0) is 36.8 Å². The van der Waals surface area contributed by atoms with E-state index in [1.165, 1.54) is 12.1 Å². The molecule has 0 amide bonds.